The molecule has 0 aromatic heterocycles. The molecule has 0 saturated carbocycles. The molecule has 324 valence electrons. The second kappa shape index (κ2) is 24.3. The molecular weight excluding hydrogens is 805 g/mol. The zero-order valence-electron chi connectivity index (χ0n) is 36.3. The van der Waals surface area contributed by atoms with Crippen molar-refractivity contribution in [2.24, 2.45) is 0 Å². The zero-order valence-corrected chi connectivity index (χ0v) is 39.3. The van der Waals surface area contributed by atoms with Crippen LogP contribution in [0.2, 0.25) is 51.4 Å². The maximum atomic E-state index is 13.4. The molecule has 0 fully saturated rings. The third kappa shape index (κ3) is 18.9. The number of nitrogens with one attached hydrogen (secondary N) is 6. The van der Waals surface area contributed by atoms with Gasteiger partial charge in [0.2, 0.25) is 0 Å². The number of rotatable bonds is 24. The van der Waals surface area contributed by atoms with Gasteiger partial charge in [0.1, 0.15) is 0 Å². The zero-order chi connectivity index (χ0) is 43.3. The van der Waals surface area contributed by atoms with Crippen molar-refractivity contribution in [2.45, 2.75) is 64.2 Å². The lowest BCUT2D eigenvalue weighted by atomic mass is 10.3. The summed E-state index contributed by atoms with van der Waals surface area (Å²) in [6, 6.07) is 39.3. The third-order valence-electron chi connectivity index (χ3n) is 9.53. The molecule has 0 heterocycles. The Bertz CT molecular complexity index is 1860. The van der Waals surface area contributed by atoms with E-state index >= 15 is 0 Å². The van der Waals surface area contributed by atoms with Crippen LogP contribution in [-0.2, 0) is 8.23 Å². The highest BCUT2D eigenvalue weighted by Crippen LogP contribution is 2.26. The molecule has 0 aliphatic heterocycles. The Morgan fingerprint density at radius 3 is 1.32 bits per heavy atom. The van der Waals surface area contributed by atoms with Crippen LogP contribution in [0.3, 0.4) is 0 Å². The first-order valence-electron chi connectivity index (χ1n) is 20.9. The third-order valence-corrected chi connectivity index (χ3v) is 21.0. The Morgan fingerprint density at radius 1 is 0.500 bits per heavy atom. The van der Waals surface area contributed by atoms with Gasteiger partial charge in [-0.2, -0.15) is 0 Å². The predicted octanol–water partition coefficient (Wildman–Crippen LogP) is 9.46. The molecular formula is C44H66N8O5Si3. The second-order valence-electron chi connectivity index (χ2n) is 16.4. The minimum absolute atomic E-state index is 0.119. The van der Waals surface area contributed by atoms with Gasteiger partial charge in [0.05, 0.1) is 6.67 Å². The van der Waals surface area contributed by atoms with E-state index in [4.69, 9.17) is 8.23 Å². The van der Waals surface area contributed by atoms with Crippen LogP contribution in [-0.4, -0.2) is 99.0 Å². The lowest BCUT2D eigenvalue weighted by Crippen LogP contribution is -2.52. The van der Waals surface area contributed by atoms with Crippen LogP contribution >= 0.6 is 0 Å². The Morgan fingerprint density at radius 2 is 0.883 bits per heavy atom. The van der Waals surface area contributed by atoms with E-state index < -0.39 is 25.2 Å². The lowest BCUT2D eigenvalue weighted by molar-refractivity contribution is 0.210. The summed E-state index contributed by atoms with van der Waals surface area (Å²) in [5, 5.41) is 18.5. The molecule has 0 atom stereocenters. The fourth-order valence-corrected chi connectivity index (χ4v) is 21.0. The second-order valence-corrected chi connectivity index (χ2v) is 28.8. The van der Waals surface area contributed by atoms with E-state index in [0.717, 1.165) is 36.3 Å². The first-order valence-corrected chi connectivity index (χ1v) is 30.0. The topological polar surface area (TPSA) is 148 Å². The standard InChI is InChI=1S/C44H66N8O5Si3/c1-58(2,35-19-31-51(43(54)49-40-25-15-9-16-26-40)33-29-45-37-47-38-21-11-7-12-22-38)56-60(5,6)57-59(3,4)36-20-32-52(44(55)50-41-27-17-10-18-28-41)34-30-46-42(53)48-39-23-13-8-14-24-39/h7-18,21-28,45,47H,19-20,29-37H2,1-6H3,(H,49,54)(H,50,55)(H2,46,48,53). The molecule has 6 amide bonds. The molecule has 0 bridgehead atoms. The average Bonchev–Trinajstić information content (AvgIpc) is 3.20. The largest absolute Gasteiger partial charge is 0.437 e. The Kier molecular flexibility index (Phi) is 19.3. The SMILES string of the molecule is C[Si](C)(CCCN(CCNCNc1ccccc1)C(=O)Nc1ccccc1)O[Si](C)(C)O[Si](C)(C)CCCN(CCNC(=O)Nc1ccccc1)C(=O)Nc1ccccc1. The van der Waals surface area contributed by atoms with Crippen molar-refractivity contribution in [2.75, 3.05) is 67.2 Å². The van der Waals surface area contributed by atoms with Crippen molar-refractivity contribution < 1.29 is 22.6 Å². The summed E-state index contributed by atoms with van der Waals surface area (Å²) in [6.45, 7) is 16.8. The van der Waals surface area contributed by atoms with Gasteiger partial charge in [-0.1, -0.05) is 72.8 Å². The van der Waals surface area contributed by atoms with Crippen LogP contribution in [0.15, 0.2) is 121 Å². The van der Waals surface area contributed by atoms with Crippen molar-refractivity contribution in [1.29, 1.82) is 0 Å². The number of hydrogen-bond donors (Lipinski definition) is 6. The number of urea groups is 3. The van der Waals surface area contributed by atoms with Gasteiger partial charge in [0, 0.05) is 62.0 Å². The van der Waals surface area contributed by atoms with Crippen LogP contribution in [0.5, 0.6) is 0 Å². The minimum Gasteiger partial charge on any atom is -0.437 e. The van der Waals surface area contributed by atoms with Crippen molar-refractivity contribution >= 4 is 66.0 Å². The van der Waals surface area contributed by atoms with Gasteiger partial charge in [-0.3, -0.25) is 5.32 Å². The van der Waals surface area contributed by atoms with Gasteiger partial charge in [-0.15, -0.1) is 0 Å². The Balaban J connectivity index is 1.25. The molecule has 60 heavy (non-hydrogen) atoms. The fraction of sp³-hybridized carbons (Fsp3) is 0.386. The molecule has 4 aromatic carbocycles. The number of carbonyl (C=O) groups is 3. The van der Waals surface area contributed by atoms with Crippen molar-refractivity contribution in [3.63, 3.8) is 0 Å². The maximum Gasteiger partial charge on any atom is 0.321 e. The summed E-state index contributed by atoms with van der Waals surface area (Å²) >= 11 is 0. The van der Waals surface area contributed by atoms with Gasteiger partial charge in [0.25, 0.3) is 0 Å². The maximum absolute atomic E-state index is 13.4. The first kappa shape index (κ1) is 47.7. The van der Waals surface area contributed by atoms with E-state index in [1.807, 2.05) is 126 Å². The van der Waals surface area contributed by atoms with Crippen molar-refractivity contribution in [3.8, 4) is 0 Å². The molecule has 0 unspecified atom stereocenters. The fourth-order valence-electron chi connectivity index (χ4n) is 6.95. The van der Waals surface area contributed by atoms with Crippen molar-refractivity contribution in [3.05, 3.63) is 121 Å². The van der Waals surface area contributed by atoms with Crippen LogP contribution in [0, 0.1) is 0 Å². The molecule has 16 heteroatoms. The van der Waals surface area contributed by atoms with E-state index in [1.165, 1.54) is 0 Å². The average molecular weight is 871 g/mol. The van der Waals surface area contributed by atoms with E-state index in [0.29, 0.717) is 57.3 Å². The summed E-state index contributed by atoms with van der Waals surface area (Å²) in [7, 11) is -6.91. The molecule has 4 aromatic rings. The van der Waals surface area contributed by atoms with Gasteiger partial charge in [0.15, 0.2) is 16.6 Å². The smallest absolute Gasteiger partial charge is 0.321 e. The molecule has 0 saturated heterocycles. The summed E-state index contributed by atoms with van der Waals surface area (Å²) in [4.78, 5) is 43.0. The van der Waals surface area contributed by atoms with Gasteiger partial charge in [-0.25, -0.2) is 14.4 Å². The minimum atomic E-state index is -2.53. The molecule has 0 aliphatic rings. The number of benzene rings is 4. The Hall–Kier alpha value is -4.98. The molecule has 0 radical (unpaired) electrons. The molecule has 4 rings (SSSR count). The normalized spacial score (nSPS) is 11.6. The number of carbonyl (C=O) groups excluding carboxylic acids is 3. The number of para-hydroxylation sites is 4. The Labute approximate surface area is 360 Å². The predicted molar refractivity (Wildman–Crippen MR) is 254 cm³/mol. The van der Waals surface area contributed by atoms with Crippen LogP contribution in [0.1, 0.15) is 12.8 Å². The number of nitrogens with zero attached hydrogens (tertiary/aromatic N) is 2. The lowest BCUT2D eigenvalue weighted by Gasteiger charge is -2.39. The molecule has 0 aliphatic carbocycles. The van der Waals surface area contributed by atoms with E-state index in [1.54, 1.807) is 4.90 Å². The van der Waals surface area contributed by atoms with Crippen LogP contribution < -0.4 is 31.9 Å². The van der Waals surface area contributed by atoms with Crippen LogP contribution in [0.4, 0.5) is 37.1 Å². The number of amides is 6. The number of anilines is 4. The van der Waals surface area contributed by atoms with E-state index in [9.17, 15) is 14.4 Å². The highest BCUT2D eigenvalue weighted by molar-refractivity contribution is 6.87. The van der Waals surface area contributed by atoms with Crippen molar-refractivity contribution in [1.82, 2.24) is 20.4 Å². The van der Waals surface area contributed by atoms with Gasteiger partial charge < -0.3 is 44.6 Å². The van der Waals surface area contributed by atoms with Gasteiger partial charge in [-0.05, 0) is 113 Å². The highest BCUT2D eigenvalue weighted by Gasteiger charge is 2.39. The van der Waals surface area contributed by atoms with Crippen LogP contribution in [0.25, 0.3) is 0 Å². The number of hydrogen-bond acceptors (Lipinski definition) is 7. The summed E-state index contributed by atoms with van der Waals surface area (Å²) < 4.78 is 13.9. The highest BCUT2D eigenvalue weighted by atomic mass is 28.5. The van der Waals surface area contributed by atoms with E-state index in [-0.39, 0.29) is 18.1 Å². The monoisotopic (exact) mass is 870 g/mol. The summed E-state index contributed by atoms with van der Waals surface area (Å²) in [5.74, 6) is 0. The van der Waals surface area contributed by atoms with E-state index in [2.05, 4.69) is 71.2 Å². The molecule has 0 spiro atoms. The quantitative estimate of drug-likeness (QED) is 0.0234. The first-order chi connectivity index (χ1) is 28.7. The summed E-state index contributed by atoms with van der Waals surface area (Å²) in [5.41, 5.74) is 3.22. The molecule has 6 N–H and O–H groups in total. The van der Waals surface area contributed by atoms with Gasteiger partial charge >= 0.3 is 26.7 Å². The molecule has 13 nitrogen and oxygen atoms in total. The summed E-state index contributed by atoms with van der Waals surface area (Å²) in [6.07, 6.45) is 1.57.